The summed E-state index contributed by atoms with van der Waals surface area (Å²) in [6.07, 6.45) is 3.50. The Kier molecular flexibility index (Phi) is 6.29. The van der Waals surface area contributed by atoms with Gasteiger partial charge in [-0.25, -0.2) is 9.97 Å². The molecule has 1 aromatic heterocycles. The predicted molar refractivity (Wildman–Crippen MR) is 97.7 cm³/mol. The smallest absolute Gasteiger partial charge is 0.272 e. The average Bonchev–Trinajstić information content (AvgIpc) is 2.58. The SMILES string of the molecule is CCCN(CCC)C(=O)c1ccnc(Nc2c(C)cccc2C)n1. The van der Waals surface area contributed by atoms with Gasteiger partial charge in [-0.05, 0) is 43.9 Å². The lowest BCUT2D eigenvalue weighted by molar-refractivity contribution is 0.0749. The molecule has 0 radical (unpaired) electrons. The molecule has 0 unspecified atom stereocenters. The summed E-state index contributed by atoms with van der Waals surface area (Å²) in [5, 5.41) is 3.25. The Morgan fingerprint density at radius 2 is 1.71 bits per heavy atom. The maximum Gasteiger partial charge on any atom is 0.272 e. The zero-order valence-corrected chi connectivity index (χ0v) is 15.0. The highest BCUT2D eigenvalue weighted by Crippen LogP contribution is 2.22. The second kappa shape index (κ2) is 8.43. The lowest BCUT2D eigenvalue weighted by Gasteiger charge is -2.21. The third-order valence-electron chi connectivity index (χ3n) is 3.87. The van der Waals surface area contributed by atoms with E-state index in [1.807, 2.05) is 36.9 Å². The molecule has 1 aromatic carbocycles. The molecule has 1 heterocycles. The fourth-order valence-corrected chi connectivity index (χ4v) is 2.68. The average molecular weight is 326 g/mol. The summed E-state index contributed by atoms with van der Waals surface area (Å²) in [6, 6.07) is 7.77. The summed E-state index contributed by atoms with van der Waals surface area (Å²) in [6.45, 7) is 9.71. The minimum absolute atomic E-state index is 0.0364. The van der Waals surface area contributed by atoms with Crippen LogP contribution in [0.15, 0.2) is 30.5 Å². The van der Waals surface area contributed by atoms with Gasteiger partial charge in [-0.1, -0.05) is 32.0 Å². The first-order valence-corrected chi connectivity index (χ1v) is 8.52. The van der Waals surface area contributed by atoms with Gasteiger partial charge in [0.05, 0.1) is 0 Å². The molecule has 128 valence electrons. The van der Waals surface area contributed by atoms with Crippen LogP contribution in [0.5, 0.6) is 0 Å². The van der Waals surface area contributed by atoms with Crippen molar-refractivity contribution in [2.75, 3.05) is 18.4 Å². The van der Waals surface area contributed by atoms with Gasteiger partial charge in [0.1, 0.15) is 5.69 Å². The fraction of sp³-hybridized carbons (Fsp3) is 0.421. The zero-order valence-electron chi connectivity index (χ0n) is 15.0. The van der Waals surface area contributed by atoms with Crippen LogP contribution in [0.1, 0.15) is 48.3 Å². The number of aryl methyl sites for hydroxylation is 2. The van der Waals surface area contributed by atoms with Crippen LogP contribution in [0.2, 0.25) is 0 Å². The molecule has 5 heteroatoms. The Labute approximate surface area is 144 Å². The molecule has 0 saturated heterocycles. The van der Waals surface area contributed by atoms with Gasteiger partial charge in [-0.3, -0.25) is 4.79 Å². The summed E-state index contributed by atoms with van der Waals surface area (Å²) < 4.78 is 0. The number of benzene rings is 1. The Morgan fingerprint density at radius 1 is 1.08 bits per heavy atom. The third-order valence-corrected chi connectivity index (χ3v) is 3.87. The van der Waals surface area contributed by atoms with Crippen LogP contribution in [0.3, 0.4) is 0 Å². The first kappa shape index (κ1) is 17.9. The first-order valence-electron chi connectivity index (χ1n) is 8.52. The fourth-order valence-electron chi connectivity index (χ4n) is 2.68. The van der Waals surface area contributed by atoms with Gasteiger partial charge in [-0.2, -0.15) is 0 Å². The van der Waals surface area contributed by atoms with E-state index in [2.05, 4.69) is 29.1 Å². The number of nitrogens with one attached hydrogen (secondary N) is 1. The molecule has 0 bridgehead atoms. The zero-order chi connectivity index (χ0) is 17.5. The van der Waals surface area contributed by atoms with Crippen molar-refractivity contribution in [1.82, 2.24) is 14.9 Å². The standard InChI is InChI=1S/C19H26N4O/c1-5-12-23(13-6-2)18(24)16-10-11-20-19(21-16)22-17-14(3)8-7-9-15(17)4/h7-11H,5-6,12-13H2,1-4H3,(H,20,21,22). The summed E-state index contributed by atoms with van der Waals surface area (Å²) in [7, 11) is 0. The number of rotatable bonds is 7. The number of anilines is 2. The Morgan fingerprint density at radius 3 is 2.29 bits per heavy atom. The van der Waals surface area contributed by atoms with E-state index < -0.39 is 0 Å². The van der Waals surface area contributed by atoms with Crippen LogP contribution in [0.4, 0.5) is 11.6 Å². The van der Waals surface area contributed by atoms with E-state index >= 15 is 0 Å². The van der Waals surface area contributed by atoms with Gasteiger partial charge >= 0.3 is 0 Å². The molecule has 1 amide bonds. The molecule has 5 nitrogen and oxygen atoms in total. The highest BCUT2D eigenvalue weighted by atomic mass is 16.2. The molecule has 0 spiro atoms. The summed E-state index contributed by atoms with van der Waals surface area (Å²) in [5.41, 5.74) is 3.66. The van der Waals surface area contributed by atoms with Crippen LogP contribution < -0.4 is 5.32 Å². The van der Waals surface area contributed by atoms with E-state index in [0.717, 1.165) is 42.7 Å². The lowest BCUT2D eigenvalue weighted by Crippen LogP contribution is -2.33. The number of para-hydroxylation sites is 1. The van der Waals surface area contributed by atoms with E-state index in [0.29, 0.717) is 11.6 Å². The molecule has 2 rings (SSSR count). The summed E-state index contributed by atoms with van der Waals surface area (Å²) in [4.78, 5) is 23.2. The highest BCUT2D eigenvalue weighted by Gasteiger charge is 2.16. The van der Waals surface area contributed by atoms with Gasteiger partial charge in [0, 0.05) is 25.0 Å². The van der Waals surface area contributed by atoms with E-state index in [1.54, 1.807) is 12.3 Å². The van der Waals surface area contributed by atoms with Gasteiger partial charge in [-0.15, -0.1) is 0 Å². The normalized spacial score (nSPS) is 10.5. The van der Waals surface area contributed by atoms with Gasteiger partial charge in [0.2, 0.25) is 5.95 Å². The van der Waals surface area contributed by atoms with E-state index in [1.165, 1.54) is 0 Å². The molecule has 24 heavy (non-hydrogen) atoms. The van der Waals surface area contributed by atoms with Crippen LogP contribution in [0.25, 0.3) is 0 Å². The minimum atomic E-state index is -0.0364. The third kappa shape index (κ3) is 4.31. The molecule has 0 aliphatic rings. The second-order valence-corrected chi connectivity index (χ2v) is 5.95. The molecule has 0 aliphatic heterocycles. The van der Waals surface area contributed by atoms with Crippen molar-refractivity contribution < 1.29 is 4.79 Å². The number of carbonyl (C=O) groups is 1. The maximum absolute atomic E-state index is 12.7. The Balaban J connectivity index is 2.23. The Bertz CT molecular complexity index is 673. The topological polar surface area (TPSA) is 58.1 Å². The first-order chi connectivity index (χ1) is 11.6. The maximum atomic E-state index is 12.7. The number of amides is 1. The van der Waals surface area contributed by atoms with Crippen molar-refractivity contribution >= 4 is 17.5 Å². The van der Waals surface area contributed by atoms with Crippen LogP contribution in [-0.4, -0.2) is 33.9 Å². The van der Waals surface area contributed by atoms with Crippen LogP contribution in [0, 0.1) is 13.8 Å². The lowest BCUT2D eigenvalue weighted by atomic mass is 10.1. The summed E-state index contributed by atoms with van der Waals surface area (Å²) in [5.74, 6) is 0.414. The number of hydrogen-bond acceptors (Lipinski definition) is 4. The van der Waals surface area contributed by atoms with E-state index in [-0.39, 0.29) is 5.91 Å². The second-order valence-electron chi connectivity index (χ2n) is 5.95. The Hall–Kier alpha value is -2.43. The van der Waals surface area contributed by atoms with Crippen molar-refractivity contribution in [3.05, 3.63) is 47.3 Å². The van der Waals surface area contributed by atoms with Gasteiger partial charge < -0.3 is 10.2 Å². The molecule has 1 N–H and O–H groups in total. The minimum Gasteiger partial charge on any atom is -0.337 e. The van der Waals surface area contributed by atoms with Crippen molar-refractivity contribution in [1.29, 1.82) is 0 Å². The van der Waals surface area contributed by atoms with Crippen molar-refractivity contribution in [2.45, 2.75) is 40.5 Å². The number of hydrogen-bond donors (Lipinski definition) is 1. The van der Waals surface area contributed by atoms with E-state index in [9.17, 15) is 4.79 Å². The highest BCUT2D eigenvalue weighted by molar-refractivity contribution is 5.92. The van der Waals surface area contributed by atoms with Crippen molar-refractivity contribution in [3.8, 4) is 0 Å². The molecule has 0 aliphatic carbocycles. The van der Waals surface area contributed by atoms with E-state index in [4.69, 9.17) is 0 Å². The molecular formula is C19H26N4O. The van der Waals surface area contributed by atoms with Gasteiger partial charge in [0.25, 0.3) is 5.91 Å². The van der Waals surface area contributed by atoms with Crippen molar-refractivity contribution in [3.63, 3.8) is 0 Å². The molecule has 0 saturated carbocycles. The molecule has 2 aromatic rings. The van der Waals surface area contributed by atoms with Crippen LogP contribution >= 0.6 is 0 Å². The van der Waals surface area contributed by atoms with Crippen molar-refractivity contribution in [2.24, 2.45) is 0 Å². The van der Waals surface area contributed by atoms with Crippen LogP contribution in [-0.2, 0) is 0 Å². The number of carbonyl (C=O) groups excluding carboxylic acids is 1. The number of aromatic nitrogens is 2. The number of nitrogens with zero attached hydrogens (tertiary/aromatic N) is 3. The quantitative estimate of drug-likeness (QED) is 0.832. The molecular weight excluding hydrogens is 300 g/mol. The van der Waals surface area contributed by atoms with Gasteiger partial charge in [0.15, 0.2) is 0 Å². The molecule has 0 fully saturated rings. The molecule has 0 atom stereocenters. The summed E-state index contributed by atoms with van der Waals surface area (Å²) >= 11 is 0. The monoisotopic (exact) mass is 326 g/mol. The largest absolute Gasteiger partial charge is 0.337 e. The predicted octanol–water partition coefficient (Wildman–Crippen LogP) is 4.10.